The summed E-state index contributed by atoms with van der Waals surface area (Å²) in [4.78, 5) is 2.20. The number of benzene rings is 4. The fourth-order valence-corrected chi connectivity index (χ4v) is 4.95. The molecule has 0 saturated carbocycles. The lowest BCUT2D eigenvalue weighted by Gasteiger charge is -2.29. The van der Waals surface area contributed by atoms with Gasteiger partial charge in [0.15, 0.2) is 0 Å². The molecule has 6 heteroatoms. The van der Waals surface area contributed by atoms with Crippen molar-refractivity contribution in [2.75, 3.05) is 38.1 Å². The number of aliphatic hydroxyl groups excluding tert-OH is 2. The van der Waals surface area contributed by atoms with Crippen LogP contribution in [0.4, 0.5) is 11.4 Å². The van der Waals surface area contributed by atoms with Gasteiger partial charge in [-0.3, -0.25) is 0 Å². The normalized spacial score (nSPS) is 14.2. The van der Waals surface area contributed by atoms with Gasteiger partial charge in [-0.1, -0.05) is 84.9 Å². The predicted octanol–water partition coefficient (Wildman–Crippen LogP) is 6.98. The van der Waals surface area contributed by atoms with E-state index < -0.39 is 0 Å². The highest BCUT2D eigenvalue weighted by Crippen LogP contribution is 2.34. The van der Waals surface area contributed by atoms with Crippen LogP contribution in [0.2, 0.25) is 0 Å². The first-order chi connectivity index (χ1) is 21.2. The quantitative estimate of drug-likeness (QED) is 0.0961. The number of hydrogen-bond donors (Lipinski definition) is 2. The van der Waals surface area contributed by atoms with Gasteiger partial charge >= 0.3 is 0 Å². The van der Waals surface area contributed by atoms with Crippen molar-refractivity contribution in [1.82, 2.24) is 0 Å². The molecule has 4 aromatic rings. The summed E-state index contributed by atoms with van der Waals surface area (Å²) in [6.07, 6.45) is 8.87. The van der Waals surface area contributed by atoms with Crippen molar-refractivity contribution < 1.29 is 24.4 Å². The first-order valence-electron chi connectivity index (χ1n) is 14.5. The molecule has 5 rings (SSSR count). The van der Waals surface area contributed by atoms with Crippen LogP contribution in [0.1, 0.15) is 23.1 Å². The van der Waals surface area contributed by atoms with Crippen molar-refractivity contribution in [1.29, 1.82) is 0 Å². The molecular weight excluding hydrogens is 538 g/mol. The second-order valence-electron chi connectivity index (χ2n) is 9.95. The minimum atomic E-state index is -0.308. The van der Waals surface area contributed by atoms with Gasteiger partial charge in [-0.2, -0.15) is 0 Å². The van der Waals surface area contributed by atoms with Crippen LogP contribution < -0.4 is 9.64 Å². The third-order valence-corrected chi connectivity index (χ3v) is 7.05. The zero-order valence-corrected chi connectivity index (χ0v) is 24.1. The zero-order chi connectivity index (χ0) is 29.7. The van der Waals surface area contributed by atoms with Crippen molar-refractivity contribution in [3.63, 3.8) is 0 Å². The SMILES string of the molecule is OCCOCCOc1ccc(N(C2=CCC(OCO)C=C2)c2ccc(C=C(c3ccccc3)c3ccccc3)cc2)cc1. The van der Waals surface area contributed by atoms with E-state index >= 15 is 0 Å². The van der Waals surface area contributed by atoms with Crippen LogP contribution in [0.25, 0.3) is 11.6 Å². The third kappa shape index (κ3) is 8.31. The summed E-state index contributed by atoms with van der Waals surface area (Å²) in [6.45, 7) is 0.822. The Kier molecular flexibility index (Phi) is 10.9. The molecule has 1 aliphatic carbocycles. The molecule has 1 aliphatic rings. The van der Waals surface area contributed by atoms with Crippen LogP contribution in [-0.2, 0) is 9.47 Å². The second kappa shape index (κ2) is 15.7. The van der Waals surface area contributed by atoms with Crippen LogP contribution in [0.3, 0.4) is 0 Å². The van der Waals surface area contributed by atoms with Gasteiger partial charge in [0, 0.05) is 17.1 Å². The Morgan fingerprint density at radius 3 is 1.93 bits per heavy atom. The summed E-state index contributed by atoms with van der Waals surface area (Å²) in [5.74, 6) is 0.746. The van der Waals surface area contributed by atoms with Gasteiger partial charge in [0.2, 0.25) is 0 Å². The summed E-state index contributed by atoms with van der Waals surface area (Å²) < 4.78 is 16.5. The van der Waals surface area contributed by atoms with Gasteiger partial charge in [0.1, 0.15) is 19.1 Å². The highest BCUT2D eigenvalue weighted by molar-refractivity contribution is 5.91. The lowest BCUT2D eigenvalue weighted by atomic mass is 9.95. The summed E-state index contributed by atoms with van der Waals surface area (Å²) >= 11 is 0. The van der Waals surface area contributed by atoms with E-state index in [0.717, 1.165) is 34.0 Å². The maximum atomic E-state index is 9.19. The number of anilines is 2. The first kappa shape index (κ1) is 30.0. The molecule has 43 heavy (non-hydrogen) atoms. The third-order valence-electron chi connectivity index (χ3n) is 7.05. The fraction of sp³-hybridized carbons (Fsp3) is 0.189. The van der Waals surface area contributed by atoms with E-state index in [1.54, 1.807) is 0 Å². The van der Waals surface area contributed by atoms with Crippen LogP contribution in [0.15, 0.2) is 133 Å². The van der Waals surface area contributed by atoms with Gasteiger partial charge in [0.25, 0.3) is 0 Å². The van der Waals surface area contributed by atoms with E-state index in [0.29, 0.717) is 26.2 Å². The molecule has 1 atom stereocenters. The molecule has 1 unspecified atom stereocenters. The lowest BCUT2D eigenvalue weighted by Crippen LogP contribution is -2.20. The molecule has 2 N–H and O–H groups in total. The van der Waals surface area contributed by atoms with Crippen molar-refractivity contribution >= 4 is 23.0 Å². The van der Waals surface area contributed by atoms with Gasteiger partial charge in [-0.05, 0) is 77.2 Å². The molecule has 0 spiro atoms. The topological polar surface area (TPSA) is 71.4 Å². The Bertz CT molecular complexity index is 1460. The van der Waals surface area contributed by atoms with Crippen molar-refractivity contribution in [3.8, 4) is 5.75 Å². The average molecular weight is 576 g/mol. The van der Waals surface area contributed by atoms with E-state index in [4.69, 9.17) is 19.3 Å². The Morgan fingerprint density at radius 2 is 1.37 bits per heavy atom. The summed E-state index contributed by atoms with van der Waals surface area (Å²) in [7, 11) is 0. The van der Waals surface area contributed by atoms with E-state index in [1.807, 2.05) is 48.6 Å². The van der Waals surface area contributed by atoms with Gasteiger partial charge in [0.05, 0.1) is 25.9 Å². The van der Waals surface area contributed by atoms with E-state index in [9.17, 15) is 5.11 Å². The Morgan fingerprint density at radius 1 is 0.744 bits per heavy atom. The highest BCUT2D eigenvalue weighted by atomic mass is 16.6. The molecule has 0 saturated heterocycles. The van der Waals surface area contributed by atoms with Crippen LogP contribution >= 0.6 is 0 Å². The molecule has 0 radical (unpaired) electrons. The van der Waals surface area contributed by atoms with Crippen LogP contribution in [-0.4, -0.2) is 49.5 Å². The number of nitrogens with zero attached hydrogens (tertiary/aromatic N) is 1. The number of allylic oxidation sites excluding steroid dienone is 1. The summed E-state index contributed by atoms with van der Waals surface area (Å²) in [5.41, 5.74) is 7.61. The first-order valence-corrected chi connectivity index (χ1v) is 14.5. The standard InChI is InChI=1S/C37H37NO5/c39-23-24-41-25-26-42-35-19-15-33(16-20-35)38(34-17-21-36(22-18-34)43-28-40)32-13-11-29(12-14-32)27-37(30-7-3-1-4-8-30)31-9-5-2-6-10-31/h1-21,27,36,39-40H,22-26,28H2. The minimum Gasteiger partial charge on any atom is -0.491 e. The number of rotatable bonds is 14. The maximum Gasteiger partial charge on any atom is 0.144 e. The Hall–Kier alpha value is -4.46. The largest absolute Gasteiger partial charge is 0.491 e. The molecular formula is C37H37NO5. The predicted molar refractivity (Wildman–Crippen MR) is 172 cm³/mol. The summed E-state index contributed by atoms with van der Waals surface area (Å²) in [5, 5.41) is 18.0. The van der Waals surface area contributed by atoms with Crippen molar-refractivity contribution in [2.24, 2.45) is 0 Å². The monoisotopic (exact) mass is 575 g/mol. The minimum absolute atomic E-state index is 0.000181. The Balaban J connectivity index is 1.42. The molecule has 0 amide bonds. The van der Waals surface area contributed by atoms with Gasteiger partial charge in [-0.25, -0.2) is 0 Å². The molecule has 0 aliphatic heterocycles. The van der Waals surface area contributed by atoms with Crippen molar-refractivity contribution in [3.05, 3.63) is 150 Å². The smallest absolute Gasteiger partial charge is 0.144 e. The van der Waals surface area contributed by atoms with Crippen LogP contribution in [0, 0.1) is 0 Å². The molecule has 0 aromatic heterocycles. The molecule has 6 nitrogen and oxygen atoms in total. The molecule has 220 valence electrons. The molecule has 4 aromatic carbocycles. The van der Waals surface area contributed by atoms with E-state index in [1.165, 1.54) is 11.1 Å². The van der Waals surface area contributed by atoms with Gasteiger partial charge in [-0.15, -0.1) is 0 Å². The number of ether oxygens (including phenoxy) is 3. The average Bonchev–Trinajstić information content (AvgIpc) is 3.07. The van der Waals surface area contributed by atoms with Crippen molar-refractivity contribution in [2.45, 2.75) is 12.5 Å². The molecule has 0 bridgehead atoms. The second-order valence-corrected chi connectivity index (χ2v) is 9.95. The van der Waals surface area contributed by atoms with E-state index in [-0.39, 0.29) is 19.5 Å². The number of hydrogen-bond acceptors (Lipinski definition) is 6. The number of aliphatic hydroxyl groups is 2. The van der Waals surface area contributed by atoms with Gasteiger partial charge < -0.3 is 29.3 Å². The molecule has 0 heterocycles. The van der Waals surface area contributed by atoms with E-state index in [2.05, 4.69) is 89.8 Å². The Labute approximate surface area is 253 Å². The molecule has 0 fully saturated rings. The summed E-state index contributed by atoms with van der Waals surface area (Å²) in [6, 6.07) is 37.4. The lowest BCUT2D eigenvalue weighted by molar-refractivity contribution is -0.0299. The fourth-order valence-electron chi connectivity index (χ4n) is 4.95. The highest BCUT2D eigenvalue weighted by Gasteiger charge is 2.18. The zero-order valence-electron chi connectivity index (χ0n) is 24.1. The maximum absolute atomic E-state index is 9.19. The van der Waals surface area contributed by atoms with Crippen LogP contribution in [0.5, 0.6) is 5.75 Å².